The molecule has 6 rings (SSSR count). The predicted octanol–water partition coefficient (Wildman–Crippen LogP) is 3.97. The van der Waals surface area contributed by atoms with E-state index in [-0.39, 0.29) is 24.3 Å². The Morgan fingerprint density at radius 1 is 1.03 bits per heavy atom. The first kappa shape index (κ1) is 22.5. The Labute approximate surface area is 203 Å². The zero-order valence-electron chi connectivity index (χ0n) is 18.9. The van der Waals surface area contributed by atoms with Crippen LogP contribution >= 0.6 is 11.6 Å². The lowest BCUT2D eigenvalue weighted by atomic mass is 9.73. The maximum atomic E-state index is 13.6. The van der Waals surface area contributed by atoms with E-state index in [1.54, 1.807) is 25.1 Å². The quantitative estimate of drug-likeness (QED) is 0.500. The third-order valence-corrected chi connectivity index (χ3v) is 7.14. The molecule has 1 spiro atoms. The number of fused-ring (bicyclic) bond motifs is 3. The SMILES string of the molecule is Cc1cc(N2CC3(C2)CN(c2nnc4n2-c2ccc(Cl)cc2CN(CC(F)(F)F)C4)C3)ncc1F. The summed E-state index contributed by atoms with van der Waals surface area (Å²) in [6, 6.07) is 7.00. The van der Waals surface area contributed by atoms with Crippen molar-refractivity contribution in [2.45, 2.75) is 26.2 Å². The van der Waals surface area contributed by atoms with Crippen LogP contribution in [0.15, 0.2) is 30.5 Å². The minimum absolute atomic E-state index is 0.0289. The summed E-state index contributed by atoms with van der Waals surface area (Å²) < 4.78 is 55.0. The average Bonchev–Trinajstić information content (AvgIpc) is 3.03. The number of halogens is 5. The third kappa shape index (κ3) is 4.00. The van der Waals surface area contributed by atoms with E-state index >= 15 is 0 Å². The molecule has 1 aromatic carbocycles. The lowest BCUT2D eigenvalue weighted by Gasteiger charge is -2.60. The van der Waals surface area contributed by atoms with Gasteiger partial charge in [-0.05, 0) is 42.3 Å². The van der Waals surface area contributed by atoms with Crippen LogP contribution in [0.25, 0.3) is 5.69 Å². The van der Waals surface area contributed by atoms with Gasteiger partial charge >= 0.3 is 6.18 Å². The highest BCUT2D eigenvalue weighted by Gasteiger charge is 2.53. The van der Waals surface area contributed by atoms with Crippen LogP contribution in [0.5, 0.6) is 0 Å². The molecular weight excluding hydrogens is 486 g/mol. The van der Waals surface area contributed by atoms with E-state index in [4.69, 9.17) is 11.6 Å². The molecule has 0 bridgehead atoms. The summed E-state index contributed by atoms with van der Waals surface area (Å²) in [5.74, 6) is 1.53. The summed E-state index contributed by atoms with van der Waals surface area (Å²) in [6.07, 6.45) is -3.07. The van der Waals surface area contributed by atoms with Gasteiger partial charge in [0.05, 0.1) is 25.0 Å². The molecule has 0 aliphatic carbocycles. The number of nitrogens with zero attached hydrogens (tertiary/aromatic N) is 7. The molecule has 7 nitrogen and oxygen atoms in total. The van der Waals surface area contributed by atoms with Gasteiger partial charge in [-0.15, -0.1) is 10.2 Å². The van der Waals surface area contributed by atoms with Gasteiger partial charge < -0.3 is 9.80 Å². The predicted molar refractivity (Wildman–Crippen MR) is 122 cm³/mol. The second-order valence-corrected chi connectivity index (χ2v) is 10.2. The molecule has 0 unspecified atom stereocenters. The monoisotopic (exact) mass is 507 g/mol. The minimum Gasteiger partial charge on any atom is -0.355 e. The van der Waals surface area contributed by atoms with Gasteiger partial charge in [0.1, 0.15) is 11.6 Å². The maximum Gasteiger partial charge on any atom is 0.401 e. The lowest BCUT2D eigenvalue weighted by molar-refractivity contribution is -0.148. The van der Waals surface area contributed by atoms with Crippen molar-refractivity contribution in [1.29, 1.82) is 0 Å². The Hall–Kier alpha value is -2.92. The summed E-state index contributed by atoms with van der Waals surface area (Å²) in [7, 11) is 0. The number of pyridine rings is 1. The zero-order chi connectivity index (χ0) is 24.5. The van der Waals surface area contributed by atoms with E-state index < -0.39 is 12.7 Å². The number of anilines is 2. The Morgan fingerprint density at radius 2 is 1.77 bits per heavy atom. The van der Waals surface area contributed by atoms with Gasteiger partial charge in [0.25, 0.3) is 0 Å². The Bertz CT molecular complexity index is 1290. The number of benzene rings is 1. The van der Waals surface area contributed by atoms with Crippen molar-refractivity contribution in [1.82, 2.24) is 24.6 Å². The van der Waals surface area contributed by atoms with Gasteiger partial charge in [0, 0.05) is 43.2 Å². The van der Waals surface area contributed by atoms with E-state index in [1.807, 2.05) is 10.6 Å². The molecule has 3 aliphatic heterocycles. The second-order valence-electron chi connectivity index (χ2n) is 9.79. The molecule has 0 amide bonds. The highest BCUT2D eigenvalue weighted by Crippen LogP contribution is 2.44. The molecule has 2 aromatic heterocycles. The normalized spacial score (nSPS) is 19.1. The zero-order valence-corrected chi connectivity index (χ0v) is 19.6. The van der Waals surface area contributed by atoms with Crippen LogP contribution in [0, 0.1) is 18.2 Å². The third-order valence-electron chi connectivity index (χ3n) is 6.90. The van der Waals surface area contributed by atoms with Crippen molar-refractivity contribution in [3.63, 3.8) is 0 Å². The highest BCUT2D eigenvalue weighted by atomic mass is 35.5. The summed E-state index contributed by atoms with van der Waals surface area (Å²) >= 11 is 6.18. The van der Waals surface area contributed by atoms with Gasteiger partial charge in [-0.3, -0.25) is 9.47 Å². The van der Waals surface area contributed by atoms with Crippen LogP contribution < -0.4 is 9.80 Å². The number of rotatable bonds is 3. The Morgan fingerprint density at radius 3 is 2.49 bits per heavy atom. The molecule has 3 aromatic rings. The van der Waals surface area contributed by atoms with Crippen molar-refractivity contribution in [2.75, 3.05) is 42.5 Å². The molecule has 0 N–H and O–H groups in total. The number of aromatic nitrogens is 4. The molecule has 12 heteroatoms. The largest absolute Gasteiger partial charge is 0.401 e. The van der Waals surface area contributed by atoms with Crippen molar-refractivity contribution < 1.29 is 17.6 Å². The second kappa shape index (κ2) is 7.79. The van der Waals surface area contributed by atoms with Crippen LogP contribution in [-0.4, -0.2) is 63.5 Å². The fraction of sp³-hybridized carbons (Fsp3) is 0.435. The first-order chi connectivity index (χ1) is 16.6. The van der Waals surface area contributed by atoms with Crippen molar-refractivity contribution in [3.8, 4) is 5.69 Å². The molecule has 5 heterocycles. The standard InChI is InChI=1S/C23H22ClF4N7/c1-14-4-19(29-6-17(14)25)33-9-22(10-33)11-34(12-22)21-31-30-20-8-32(13-23(26,27)28)7-15-5-16(24)2-3-18(15)35(20)21/h2-6H,7-13H2,1H3. The average molecular weight is 508 g/mol. The fourth-order valence-electron chi connectivity index (χ4n) is 5.35. The summed E-state index contributed by atoms with van der Waals surface area (Å²) in [5.41, 5.74) is 2.09. The first-order valence-corrected chi connectivity index (χ1v) is 11.6. The first-order valence-electron chi connectivity index (χ1n) is 11.2. The smallest absolute Gasteiger partial charge is 0.355 e. The van der Waals surface area contributed by atoms with E-state index in [2.05, 4.69) is 25.0 Å². The molecule has 3 aliphatic rings. The van der Waals surface area contributed by atoms with E-state index in [1.165, 1.54) is 11.1 Å². The van der Waals surface area contributed by atoms with Crippen molar-refractivity contribution in [3.05, 3.63) is 58.3 Å². The minimum atomic E-state index is -4.32. The van der Waals surface area contributed by atoms with Gasteiger partial charge in [0.2, 0.25) is 5.95 Å². The number of aryl methyl sites for hydroxylation is 1. The van der Waals surface area contributed by atoms with E-state index in [9.17, 15) is 17.6 Å². The topological polar surface area (TPSA) is 53.3 Å². The van der Waals surface area contributed by atoms with Gasteiger partial charge in [-0.1, -0.05) is 11.6 Å². The molecule has 184 valence electrons. The number of alkyl halides is 3. The molecule has 35 heavy (non-hydrogen) atoms. The summed E-state index contributed by atoms with van der Waals surface area (Å²) in [6.45, 7) is 3.91. The Kier molecular flexibility index (Phi) is 5.02. The van der Waals surface area contributed by atoms with Crippen LogP contribution in [0.3, 0.4) is 0 Å². The summed E-state index contributed by atoms with van der Waals surface area (Å²) in [4.78, 5) is 9.74. The highest BCUT2D eigenvalue weighted by molar-refractivity contribution is 6.30. The Balaban J connectivity index is 1.23. The lowest BCUT2D eigenvalue weighted by Crippen LogP contribution is -2.73. The number of hydrogen-bond acceptors (Lipinski definition) is 6. The summed E-state index contributed by atoms with van der Waals surface area (Å²) in [5, 5.41) is 9.10. The van der Waals surface area contributed by atoms with Gasteiger partial charge in [-0.2, -0.15) is 13.2 Å². The van der Waals surface area contributed by atoms with Crippen molar-refractivity contribution >= 4 is 23.4 Å². The van der Waals surface area contributed by atoms with E-state index in [0.29, 0.717) is 27.9 Å². The van der Waals surface area contributed by atoms with Crippen LogP contribution in [-0.2, 0) is 13.1 Å². The van der Waals surface area contributed by atoms with Gasteiger partial charge in [0.15, 0.2) is 5.82 Å². The molecule has 2 fully saturated rings. The van der Waals surface area contributed by atoms with Crippen LogP contribution in [0.4, 0.5) is 29.3 Å². The molecule has 0 atom stereocenters. The fourth-order valence-corrected chi connectivity index (χ4v) is 5.54. The van der Waals surface area contributed by atoms with Gasteiger partial charge in [-0.25, -0.2) is 9.37 Å². The van der Waals surface area contributed by atoms with Crippen molar-refractivity contribution in [2.24, 2.45) is 5.41 Å². The van der Waals surface area contributed by atoms with Crippen LogP contribution in [0.2, 0.25) is 5.02 Å². The maximum absolute atomic E-state index is 13.6. The molecule has 0 radical (unpaired) electrons. The number of hydrogen-bond donors (Lipinski definition) is 0. The molecule has 2 saturated heterocycles. The van der Waals surface area contributed by atoms with E-state index in [0.717, 1.165) is 37.7 Å². The molecule has 0 saturated carbocycles. The molecular formula is C23H22ClF4N7. The van der Waals surface area contributed by atoms with Crippen LogP contribution in [0.1, 0.15) is 17.0 Å².